The highest BCUT2D eigenvalue weighted by Gasteiger charge is 2.41. The first-order valence-corrected chi connectivity index (χ1v) is 11.9. The normalized spacial score (nSPS) is 19.0. The summed E-state index contributed by atoms with van der Waals surface area (Å²) in [6.07, 6.45) is 0.175. The van der Waals surface area contributed by atoms with E-state index in [1.54, 1.807) is 24.8 Å². The van der Waals surface area contributed by atoms with Crippen LogP contribution in [0.15, 0.2) is 72.8 Å². The van der Waals surface area contributed by atoms with Gasteiger partial charge in [0.2, 0.25) is 0 Å². The fourth-order valence-corrected chi connectivity index (χ4v) is 4.84. The van der Waals surface area contributed by atoms with Gasteiger partial charge in [0.25, 0.3) is 5.69 Å². The molecule has 0 bridgehead atoms. The Kier molecular flexibility index (Phi) is 6.99. The highest BCUT2D eigenvalue weighted by atomic mass is 16.6. The summed E-state index contributed by atoms with van der Waals surface area (Å²) in [5, 5.41) is 21.8. The van der Waals surface area contributed by atoms with Gasteiger partial charge in [0, 0.05) is 18.5 Å². The van der Waals surface area contributed by atoms with Crippen LogP contribution in [0.2, 0.25) is 0 Å². The third-order valence-corrected chi connectivity index (χ3v) is 6.61. The molecule has 1 aliphatic heterocycles. The number of hydrogen-bond donors (Lipinski definition) is 2. The average Bonchev–Trinajstić information content (AvgIpc) is 2.83. The lowest BCUT2D eigenvalue weighted by Gasteiger charge is -2.44. The van der Waals surface area contributed by atoms with Crippen LogP contribution in [0.4, 0.5) is 16.2 Å². The van der Waals surface area contributed by atoms with E-state index in [2.05, 4.69) is 0 Å². The quantitative estimate of drug-likeness (QED) is 0.238. The minimum Gasteiger partial charge on any atom is -0.441 e. The summed E-state index contributed by atoms with van der Waals surface area (Å²) in [4.78, 5) is 25.7. The van der Waals surface area contributed by atoms with E-state index in [0.29, 0.717) is 18.4 Å². The molecule has 0 spiro atoms. The molecule has 1 heterocycles. The van der Waals surface area contributed by atoms with Gasteiger partial charge in [-0.3, -0.25) is 15.0 Å². The number of nitro benzene ring substituents is 1. The van der Waals surface area contributed by atoms with E-state index in [9.17, 15) is 20.0 Å². The Morgan fingerprint density at radius 3 is 2.36 bits per heavy atom. The molecule has 0 saturated carbocycles. The minimum absolute atomic E-state index is 0.115. The van der Waals surface area contributed by atoms with Crippen molar-refractivity contribution < 1.29 is 19.6 Å². The molecule has 1 fully saturated rings. The summed E-state index contributed by atoms with van der Waals surface area (Å²) in [6, 6.07) is 21.4. The second-order valence-corrected chi connectivity index (χ2v) is 9.93. The Hall–Kier alpha value is -3.91. The lowest BCUT2D eigenvalue weighted by Crippen LogP contribution is -2.50. The molecular formula is C28H31N3O5. The summed E-state index contributed by atoms with van der Waals surface area (Å²) in [5.41, 5.74) is 8.04. The Labute approximate surface area is 210 Å². The van der Waals surface area contributed by atoms with Crippen LogP contribution in [-0.2, 0) is 4.74 Å². The number of anilines is 1. The highest BCUT2D eigenvalue weighted by molar-refractivity contribution is 5.73. The number of rotatable bonds is 7. The standard InChI is InChI=1S/C28H31N3O5/c1-18(19-9-11-20(12-10-19)22-13-14-24(29)25(15-22)31(34)35)30-23(17-28(2,3)33)16-26(36-27(30)32)21-7-5-4-6-8-21/h4-15,18,23,26,33H,16-17,29H2,1-3H3/t18-,23-,26?/m0/s1. The average molecular weight is 490 g/mol. The van der Waals surface area contributed by atoms with Crippen molar-refractivity contribution in [3.05, 3.63) is 94.0 Å². The number of nitrogens with two attached hydrogens (primary N) is 1. The Morgan fingerprint density at radius 1 is 1.11 bits per heavy atom. The van der Waals surface area contributed by atoms with Crippen LogP contribution < -0.4 is 5.73 Å². The molecule has 36 heavy (non-hydrogen) atoms. The number of benzene rings is 3. The van der Waals surface area contributed by atoms with Crippen molar-refractivity contribution in [3.8, 4) is 11.1 Å². The van der Waals surface area contributed by atoms with E-state index in [4.69, 9.17) is 10.5 Å². The smallest absolute Gasteiger partial charge is 0.411 e. The molecule has 3 aromatic rings. The van der Waals surface area contributed by atoms with E-state index < -0.39 is 16.6 Å². The summed E-state index contributed by atoms with van der Waals surface area (Å²) in [5.74, 6) is 0. The zero-order valence-corrected chi connectivity index (χ0v) is 20.6. The molecule has 8 heteroatoms. The molecule has 0 aliphatic carbocycles. The van der Waals surface area contributed by atoms with Crippen LogP contribution in [-0.4, -0.2) is 32.7 Å². The van der Waals surface area contributed by atoms with Crippen LogP contribution >= 0.6 is 0 Å². The van der Waals surface area contributed by atoms with Crippen LogP contribution in [0.3, 0.4) is 0 Å². The van der Waals surface area contributed by atoms with Crippen molar-refractivity contribution in [2.45, 2.75) is 57.4 Å². The van der Waals surface area contributed by atoms with Crippen LogP contribution in [0.25, 0.3) is 11.1 Å². The zero-order chi connectivity index (χ0) is 26.0. The van der Waals surface area contributed by atoms with Gasteiger partial charge in [-0.2, -0.15) is 0 Å². The number of nitrogen functional groups attached to an aromatic ring is 1. The van der Waals surface area contributed by atoms with Gasteiger partial charge >= 0.3 is 6.09 Å². The molecule has 188 valence electrons. The van der Waals surface area contributed by atoms with E-state index in [1.807, 2.05) is 61.5 Å². The largest absolute Gasteiger partial charge is 0.441 e. The first kappa shape index (κ1) is 25.2. The topological polar surface area (TPSA) is 119 Å². The number of carbonyl (C=O) groups is 1. The maximum atomic E-state index is 13.3. The number of ether oxygens (including phenoxy) is 1. The predicted octanol–water partition coefficient (Wildman–Crippen LogP) is 6.02. The Bertz CT molecular complexity index is 1240. The summed E-state index contributed by atoms with van der Waals surface area (Å²) >= 11 is 0. The number of nitrogens with zero attached hydrogens (tertiary/aromatic N) is 2. The summed E-state index contributed by atoms with van der Waals surface area (Å²) in [6.45, 7) is 5.42. The van der Waals surface area contributed by atoms with Crippen molar-refractivity contribution in [2.75, 3.05) is 5.73 Å². The molecule has 0 aromatic heterocycles. The van der Waals surface area contributed by atoms with Gasteiger partial charge in [-0.15, -0.1) is 0 Å². The molecule has 1 unspecified atom stereocenters. The second kappa shape index (κ2) is 9.99. The first-order valence-electron chi connectivity index (χ1n) is 11.9. The molecule has 8 nitrogen and oxygen atoms in total. The van der Waals surface area contributed by atoms with Crippen molar-refractivity contribution in [2.24, 2.45) is 0 Å². The van der Waals surface area contributed by atoms with Crippen molar-refractivity contribution in [1.29, 1.82) is 0 Å². The lowest BCUT2D eigenvalue weighted by atomic mass is 9.89. The monoisotopic (exact) mass is 489 g/mol. The molecule has 3 atom stereocenters. The van der Waals surface area contributed by atoms with Crippen molar-refractivity contribution in [1.82, 2.24) is 4.90 Å². The molecule has 3 aromatic carbocycles. The molecule has 3 N–H and O–H groups in total. The molecule has 4 rings (SSSR count). The predicted molar refractivity (Wildman–Crippen MR) is 138 cm³/mol. The van der Waals surface area contributed by atoms with Gasteiger partial charge in [-0.25, -0.2) is 4.79 Å². The number of amides is 1. The minimum atomic E-state index is -0.963. The summed E-state index contributed by atoms with van der Waals surface area (Å²) in [7, 11) is 0. The van der Waals surface area contributed by atoms with E-state index in [1.165, 1.54) is 12.1 Å². The number of cyclic esters (lactones) is 1. The maximum Gasteiger partial charge on any atom is 0.411 e. The summed E-state index contributed by atoms with van der Waals surface area (Å²) < 4.78 is 5.84. The van der Waals surface area contributed by atoms with Crippen LogP contribution in [0, 0.1) is 10.1 Å². The van der Waals surface area contributed by atoms with Crippen molar-refractivity contribution in [3.63, 3.8) is 0 Å². The van der Waals surface area contributed by atoms with Crippen LogP contribution in [0.5, 0.6) is 0 Å². The van der Waals surface area contributed by atoms with Gasteiger partial charge in [0.15, 0.2) is 0 Å². The number of carbonyl (C=O) groups excluding carboxylic acids is 1. The van der Waals surface area contributed by atoms with Gasteiger partial charge in [-0.05, 0) is 55.5 Å². The van der Waals surface area contributed by atoms with E-state index in [-0.39, 0.29) is 29.6 Å². The van der Waals surface area contributed by atoms with Crippen LogP contribution in [0.1, 0.15) is 56.9 Å². The third-order valence-electron chi connectivity index (χ3n) is 6.61. The van der Waals surface area contributed by atoms with Crippen molar-refractivity contribution >= 4 is 17.5 Å². The maximum absolute atomic E-state index is 13.3. The number of nitro groups is 1. The zero-order valence-electron chi connectivity index (χ0n) is 20.6. The number of hydrogen-bond acceptors (Lipinski definition) is 6. The molecule has 1 amide bonds. The highest BCUT2D eigenvalue weighted by Crippen LogP contribution is 2.39. The molecular weight excluding hydrogens is 458 g/mol. The SMILES string of the molecule is C[C@@H](c1ccc(-c2ccc(N)c([N+](=O)[O-])c2)cc1)N1C(=O)OC(c2ccccc2)C[C@H]1CC(C)(C)O. The van der Waals surface area contributed by atoms with Gasteiger partial charge < -0.3 is 15.6 Å². The Morgan fingerprint density at radius 2 is 1.75 bits per heavy atom. The van der Waals surface area contributed by atoms with Gasteiger partial charge in [-0.1, -0.05) is 60.7 Å². The van der Waals surface area contributed by atoms with Gasteiger partial charge in [0.1, 0.15) is 11.8 Å². The third kappa shape index (κ3) is 5.49. The van der Waals surface area contributed by atoms with E-state index in [0.717, 1.165) is 16.7 Å². The molecule has 1 aliphatic rings. The first-order chi connectivity index (χ1) is 17.0. The number of aliphatic hydroxyl groups is 1. The molecule has 1 saturated heterocycles. The lowest BCUT2D eigenvalue weighted by molar-refractivity contribution is -0.383. The second-order valence-electron chi connectivity index (χ2n) is 9.93. The van der Waals surface area contributed by atoms with Gasteiger partial charge in [0.05, 0.1) is 16.6 Å². The van der Waals surface area contributed by atoms with E-state index >= 15 is 0 Å². The molecule has 0 radical (unpaired) electrons. The fraction of sp³-hybridized carbons (Fsp3) is 0.321. The Balaban J connectivity index is 1.59. The fourth-order valence-electron chi connectivity index (χ4n) is 4.84.